The van der Waals surface area contributed by atoms with Crippen molar-refractivity contribution in [3.8, 4) is 0 Å². The molecule has 0 saturated carbocycles. The second-order valence-electron chi connectivity index (χ2n) is 11.7. The van der Waals surface area contributed by atoms with Gasteiger partial charge >= 0.3 is 0 Å². The van der Waals surface area contributed by atoms with Gasteiger partial charge in [-0.25, -0.2) is 0 Å². The normalized spacial score (nSPS) is 52.0. The van der Waals surface area contributed by atoms with Gasteiger partial charge in [-0.1, -0.05) is 6.08 Å². The smallest absolute Gasteiger partial charge is 0.187 e. The Labute approximate surface area is 252 Å². The van der Waals surface area contributed by atoms with E-state index in [-0.39, 0.29) is 5.57 Å². The first-order chi connectivity index (χ1) is 20.7. The summed E-state index contributed by atoms with van der Waals surface area (Å²) in [5, 5.41) is 127. The van der Waals surface area contributed by atoms with Crippen LogP contribution in [-0.2, 0) is 23.7 Å². The van der Waals surface area contributed by atoms with E-state index >= 15 is 0 Å². The largest absolute Gasteiger partial charge is 0.394 e. The number of aliphatic hydroxyl groups is 12. The molecule has 0 aromatic carbocycles. The van der Waals surface area contributed by atoms with Crippen LogP contribution < -0.4 is 5.32 Å². The lowest BCUT2D eigenvalue weighted by Crippen LogP contribution is -2.68. The Morgan fingerprint density at radius 1 is 0.614 bits per heavy atom. The molecule has 0 bridgehead atoms. The van der Waals surface area contributed by atoms with E-state index in [0.29, 0.717) is 0 Å². The van der Waals surface area contributed by atoms with Crippen molar-refractivity contribution in [2.75, 3.05) is 19.8 Å². The van der Waals surface area contributed by atoms with Crippen LogP contribution in [0.5, 0.6) is 0 Å². The summed E-state index contributed by atoms with van der Waals surface area (Å²) >= 11 is 0. The number of hydrogen-bond donors (Lipinski definition) is 13. The summed E-state index contributed by atoms with van der Waals surface area (Å²) in [7, 11) is 0. The molecule has 13 N–H and O–H groups in total. The van der Waals surface area contributed by atoms with Crippen molar-refractivity contribution >= 4 is 0 Å². The van der Waals surface area contributed by atoms with E-state index in [4.69, 9.17) is 23.7 Å². The molecule has 0 radical (unpaired) electrons. The Balaban J connectivity index is 1.42. The van der Waals surface area contributed by atoms with Gasteiger partial charge in [-0.3, -0.25) is 0 Å². The molecule has 4 rings (SSSR count). The predicted octanol–water partition coefficient (Wildman–Crippen LogP) is -7.49. The van der Waals surface area contributed by atoms with Gasteiger partial charge in [0.25, 0.3) is 0 Å². The van der Waals surface area contributed by atoms with Crippen LogP contribution in [0.25, 0.3) is 0 Å². The number of rotatable bonds is 9. The average Bonchev–Trinajstić information content (AvgIpc) is 3.00. The fourth-order valence-corrected chi connectivity index (χ4v) is 6.02. The van der Waals surface area contributed by atoms with Crippen molar-refractivity contribution in [2.24, 2.45) is 0 Å². The van der Waals surface area contributed by atoms with Crippen molar-refractivity contribution in [2.45, 2.75) is 130 Å². The molecular formula is C26H45NO17. The van der Waals surface area contributed by atoms with E-state index in [1.807, 2.05) is 0 Å². The maximum atomic E-state index is 10.9. The van der Waals surface area contributed by atoms with Gasteiger partial charge in [-0.2, -0.15) is 0 Å². The fourth-order valence-electron chi connectivity index (χ4n) is 6.02. The van der Waals surface area contributed by atoms with Crippen molar-refractivity contribution in [3.63, 3.8) is 0 Å². The Morgan fingerprint density at radius 2 is 1.14 bits per heavy atom. The van der Waals surface area contributed by atoms with E-state index in [2.05, 4.69) is 5.32 Å². The second kappa shape index (κ2) is 14.8. The highest BCUT2D eigenvalue weighted by Gasteiger charge is 2.53. The summed E-state index contributed by atoms with van der Waals surface area (Å²) in [6.07, 6.45) is -24.1. The van der Waals surface area contributed by atoms with Gasteiger partial charge < -0.3 is 90.3 Å². The SMILES string of the molecule is CC1OC(CO)[C@H](OC2OC(CO)[C@H](OC3OC(C)[C@H](NC4C=C(CO)[C@H](O)[C@H](O)[C@H]4O)[C@H](O)[C@H]3O)[C@H](O)[C@H]2O)[C@H](O)[C@H]1O. The third-order valence-electron chi connectivity index (χ3n) is 8.74. The Morgan fingerprint density at radius 3 is 1.70 bits per heavy atom. The molecule has 18 heteroatoms. The number of ether oxygens (including phenoxy) is 5. The van der Waals surface area contributed by atoms with Gasteiger partial charge in [0, 0.05) is 0 Å². The summed E-state index contributed by atoms with van der Waals surface area (Å²) in [6, 6.07) is -2.14. The number of nitrogens with one attached hydrogen (secondary N) is 1. The van der Waals surface area contributed by atoms with Gasteiger partial charge in [-0.05, 0) is 19.4 Å². The van der Waals surface area contributed by atoms with Crippen LogP contribution in [0.2, 0.25) is 0 Å². The lowest BCUT2D eigenvalue weighted by Gasteiger charge is -2.48. The van der Waals surface area contributed by atoms with Gasteiger partial charge in [0.15, 0.2) is 12.6 Å². The van der Waals surface area contributed by atoms with Crippen LogP contribution in [-0.4, -0.2) is 197 Å². The predicted molar refractivity (Wildman–Crippen MR) is 141 cm³/mol. The first-order valence-corrected chi connectivity index (χ1v) is 14.4. The van der Waals surface area contributed by atoms with Gasteiger partial charge in [0.05, 0.1) is 44.1 Å². The molecule has 256 valence electrons. The number of aliphatic hydroxyl groups excluding tert-OH is 12. The average molecular weight is 644 g/mol. The molecule has 4 aliphatic rings. The van der Waals surface area contributed by atoms with E-state index in [0.717, 1.165) is 0 Å². The third-order valence-corrected chi connectivity index (χ3v) is 8.74. The molecule has 44 heavy (non-hydrogen) atoms. The van der Waals surface area contributed by atoms with Crippen molar-refractivity contribution in [3.05, 3.63) is 11.6 Å². The Bertz CT molecular complexity index is 958. The van der Waals surface area contributed by atoms with Crippen molar-refractivity contribution in [1.82, 2.24) is 5.32 Å². The highest BCUT2D eigenvalue weighted by atomic mass is 16.7. The van der Waals surface area contributed by atoms with E-state index < -0.39 is 136 Å². The molecule has 3 saturated heterocycles. The maximum Gasteiger partial charge on any atom is 0.187 e. The molecule has 1 aliphatic carbocycles. The van der Waals surface area contributed by atoms with Gasteiger partial charge in [0.2, 0.25) is 0 Å². The third kappa shape index (κ3) is 6.98. The quantitative estimate of drug-likeness (QED) is 0.104. The summed E-state index contributed by atoms with van der Waals surface area (Å²) in [4.78, 5) is 0. The molecule has 0 aromatic rings. The minimum atomic E-state index is -1.87. The van der Waals surface area contributed by atoms with Crippen LogP contribution in [0, 0.1) is 0 Å². The molecule has 3 aliphatic heterocycles. The molecule has 19 atom stereocenters. The van der Waals surface area contributed by atoms with Crippen LogP contribution >= 0.6 is 0 Å². The molecule has 7 unspecified atom stereocenters. The zero-order valence-corrected chi connectivity index (χ0v) is 24.1. The van der Waals surface area contributed by atoms with Gasteiger partial charge in [0.1, 0.15) is 79.4 Å². The van der Waals surface area contributed by atoms with Crippen LogP contribution in [0.4, 0.5) is 0 Å². The van der Waals surface area contributed by atoms with Crippen LogP contribution in [0.3, 0.4) is 0 Å². The summed E-state index contributed by atoms with van der Waals surface area (Å²) in [5.41, 5.74) is 0.0336. The summed E-state index contributed by atoms with van der Waals surface area (Å²) in [5.74, 6) is 0. The Kier molecular flexibility index (Phi) is 12.1. The molecule has 3 heterocycles. The molecule has 3 fully saturated rings. The molecule has 18 nitrogen and oxygen atoms in total. The second-order valence-corrected chi connectivity index (χ2v) is 11.7. The fraction of sp³-hybridized carbons (Fsp3) is 0.923. The van der Waals surface area contributed by atoms with Crippen molar-refractivity contribution < 1.29 is 85.0 Å². The summed E-state index contributed by atoms with van der Waals surface area (Å²) < 4.78 is 28.1. The van der Waals surface area contributed by atoms with Crippen molar-refractivity contribution in [1.29, 1.82) is 0 Å². The Hall–Kier alpha value is -0.980. The lowest BCUT2D eigenvalue weighted by molar-refractivity contribution is -0.367. The van der Waals surface area contributed by atoms with E-state index in [1.54, 1.807) is 0 Å². The molecule has 0 amide bonds. The van der Waals surface area contributed by atoms with Gasteiger partial charge in [-0.15, -0.1) is 0 Å². The van der Waals surface area contributed by atoms with Crippen LogP contribution in [0.15, 0.2) is 11.6 Å². The zero-order chi connectivity index (χ0) is 32.6. The van der Waals surface area contributed by atoms with E-state index in [1.165, 1.54) is 19.9 Å². The molecule has 0 aromatic heterocycles. The first-order valence-electron chi connectivity index (χ1n) is 14.4. The van der Waals surface area contributed by atoms with E-state index in [9.17, 15) is 61.3 Å². The zero-order valence-electron chi connectivity index (χ0n) is 24.1. The minimum Gasteiger partial charge on any atom is -0.394 e. The van der Waals surface area contributed by atoms with Crippen LogP contribution in [0.1, 0.15) is 13.8 Å². The summed E-state index contributed by atoms with van der Waals surface area (Å²) in [6.45, 7) is 0.950. The topological polar surface area (TPSA) is 301 Å². The monoisotopic (exact) mass is 643 g/mol. The highest BCUT2D eigenvalue weighted by molar-refractivity contribution is 5.22. The minimum absolute atomic E-state index is 0.0336. The molecule has 0 spiro atoms. The lowest BCUT2D eigenvalue weighted by atomic mass is 9.86. The first kappa shape index (κ1) is 35.9. The highest BCUT2D eigenvalue weighted by Crippen LogP contribution is 2.33. The number of hydrogen-bond acceptors (Lipinski definition) is 18. The maximum absolute atomic E-state index is 10.9. The standard InChI is InChI=1S/C26H45NO17/c1-7-13(27-10-3-9(4-28)15(32)18(35)16(10)33)17(34)21(38)25(41-7)43-24-12(6-30)42-26(22(39)20(24)37)44-23-11(5-29)40-8(2)14(31)19(23)36/h3,7-8,10-39H,4-6H2,1-2H3/t7?,8?,10?,11?,12?,13-,14-,15-,16-,17-,18-,19+,20+,21+,22+,23-,24-,25?,26?/m0/s1. The molecular weight excluding hydrogens is 598 g/mol.